The number of carbonyl (C=O) groups excluding carboxylic acids is 1. The van der Waals surface area contributed by atoms with Crippen LogP contribution < -0.4 is 10.1 Å². The summed E-state index contributed by atoms with van der Waals surface area (Å²) in [6, 6.07) is 8.60. The fourth-order valence-corrected chi connectivity index (χ4v) is 2.41. The van der Waals surface area contributed by atoms with Crippen LogP contribution in [0.5, 0.6) is 5.75 Å². The number of carboxylic acid groups (broad SMARTS) is 1. The van der Waals surface area contributed by atoms with E-state index in [-0.39, 0.29) is 17.4 Å². The Hall–Kier alpha value is -2.05. The van der Waals surface area contributed by atoms with Crippen molar-refractivity contribution in [1.82, 2.24) is 5.32 Å². The second kappa shape index (κ2) is 7.10. The fourth-order valence-electron chi connectivity index (χ4n) is 1.54. The van der Waals surface area contributed by atoms with Crippen LogP contribution in [-0.2, 0) is 11.3 Å². The standard InChI is InChI=1S/C14H12ClNO4S/c15-11-4-2-1-3-9(11)6-16-13(17)7-20-10-5-12(14(18)19)21-8-10/h1-5,8H,6-7H2,(H,16,17)(H,18,19). The van der Waals surface area contributed by atoms with E-state index in [1.165, 1.54) is 6.07 Å². The molecule has 21 heavy (non-hydrogen) atoms. The zero-order valence-electron chi connectivity index (χ0n) is 10.8. The average molecular weight is 326 g/mol. The number of benzene rings is 1. The third-order valence-corrected chi connectivity index (χ3v) is 3.86. The van der Waals surface area contributed by atoms with Gasteiger partial charge in [0.25, 0.3) is 5.91 Å². The number of halogens is 1. The molecule has 0 saturated heterocycles. The molecule has 1 aromatic heterocycles. The monoisotopic (exact) mass is 325 g/mol. The van der Waals surface area contributed by atoms with Gasteiger partial charge >= 0.3 is 5.97 Å². The number of rotatable bonds is 6. The summed E-state index contributed by atoms with van der Waals surface area (Å²) >= 11 is 7.02. The van der Waals surface area contributed by atoms with Crippen molar-refractivity contribution in [3.05, 3.63) is 51.2 Å². The van der Waals surface area contributed by atoms with Crippen LogP contribution in [0.15, 0.2) is 35.7 Å². The van der Waals surface area contributed by atoms with E-state index in [0.717, 1.165) is 16.9 Å². The molecule has 0 radical (unpaired) electrons. The molecule has 0 saturated carbocycles. The molecule has 2 N–H and O–H groups in total. The molecule has 2 rings (SSSR count). The highest BCUT2D eigenvalue weighted by Crippen LogP contribution is 2.21. The maximum absolute atomic E-state index is 11.6. The lowest BCUT2D eigenvalue weighted by atomic mass is 10.2. The largest absolute Gasteiger partial charge is 0.483 e. The highest BCUT2D eigenvalue weighted by atomic mass is 35.5. The number of carbonyl (C=O) groups is 2. The van der Waals surface area contributed by atoms with Gasteiger partial charge in [0, 0.05) is 23.0 Å². The normalized spacial score (nSPS) is 10.1. The Bertz CT molecular complexity index is 656. The van der Waals surface area contributed by atoms with Crippen LogP contribution in [-0.4, -0.2) is 23.6 Å². The Morgan fingerprint density at radius 1 is 1.33 bits per heavy atom. The van der Waals surface area contributed by atoms with Crippen molar-refractivity contribution in [2.75, 3.05) is 6.61 Å². The minimum absolute atomic E-state index is 0.168. The van der Waals surface area contributed by atoms with Crippen molar-refractivity contribution in [3.63, 3.8) is 0 Å². The topological polar surface area (TPSA) is 75.6 Å². The summed E-state index contributed by atoms with van der Waals surface area (Å²) < 4.78 is 5.22. The van der Waals surface area contributed by atoms with Crippen LogP contribution >= 0.6 is 22.9 Å². The number of nitrogens with one attached hydrogen (secondary N) is 1. The molecule has 0 unspecified atom stereocenters. The molecule has 2 aromatic rings. The molecule has 5 nitrogen and oxygen atoms in total. The van der Waals surface area contributed by atoms with Crippen LogP contribution in [0.4, 0.5) is 0 Å². The van der Waals surface area contributed by atoms with Crippen LogP contribution in [0.2, 0.25) is 5.02 Å². The van der Waals surface area contributed by atoms with Crippen LogP contribution in [0, 0.1) is 0 Å². The molecule has 0 aliphatic rings. The third kappa shape index (κ3) is 4.47. The smallest absolute Gasteiger partial charge is 0.346 e. The molecule has 0 fully saturated rings. The predicted octanol–water partition coefficient (Wildman–Crippen LogP) is 2.79. The maximum atomic E-state index is 11.6. The molecule has 0 spiro atoms. The van der Waals surface area contributed by atoms with Gasteiger partial charge in [-0.1, -0.05) is 29.8 Å². The van der Waals surface area contributed by atoms with E-state index in [1.54, 1.807) is 11.4 Å². The van der Waals surface area contributed by atoms with Gasteiger partial charge in [-0.3, -0.25) is 4.79 Å². The fraction of sp³-hybridized carbons (Fsp3) is 0.143. The highest BCUT2D eigenvalue weighted by molar-refractivity contribution is 7.12. The molecule has 1 heterocycles. The van der Waals surface area contributed by atoms with Gasteiger partial charge in [-0.05, 0) is 11.6 Å². The molecular weight excluding hydrogens is 314 g/mol. The molecule has 110 valence electrons. The number of carboxylic acids is 1. The second-order valence-corrected chi connectivity index (χ2v) is 5.43. The van der Waals surface area contributed by atoms with Crippen LogP contribution in [0.25, 0.3) is 0 Å². The minimum atomic E-state index is -1.02. The number of thiophene rings is 1. The molecule has 0 aliphatic carbocycles. The maximum Gasteiger partial charge on any atom is 0.346 e. The van der Waals surface area contributed by atoms with Crippen LogP contribution in [0.1, 0.15) is 15.2 Å². The number of ether oxygens (including phenoxy) is 1. The van der Waals surface area contributed by atoms with Gasteiger partial charge in [0.15, 0.2) is 6.61 Å². The zero-order valence-corrected chi connectivity index (χ0v) is 12.4. The third-order valence-electron chi connectivity index (χ3n) is 2.59. The van der Waals surface area contributed by atoms with E-state index in [4.69, 9.17) is 21.4 Å². The minimum Gasteiger partial charge on any atom is -0.483 e. The van der Waals surface area contributed by atoms with Crippen molar-refractivity contribution in [3.8, 4) is 5.75 Å². The summed E-state index contributed by atoms with van der Waals surface area (Å²) in [6.07, 6.45) is 0. The number of aromatic carboxylic acids is 1. The first-order valence-electron chi connectivity index (χ1n) is 6.01. The summed E-state index contributed by atoms with van der Waals surface area (Å²) in [6.45, 7) is 0.131. The van der Waals surface area contributed by atoms with Crippen molar-refractivity contribution >= 4 is 34.8 Å². The lowest BCUT2D eigenvalue weighted by Crippen LogP contribution is -2.28. The lowest BCUT2D eigenvalue weighted by Gasteiger charge is -2.07. The van der Waals surface area contributed by atoms with Gasteiger partial charge in [0.2, 0.25) is 0 Å². The van der Waals surface area contributed by atoms with E-state index in [2.05, 4.69) is 5.32 Å². The number of hydrogen-bond donors (Lipinski definition) is 2. The molecule has 0 atom stereocenters. The SMILES string of the molecule is O=C(COc1csc(C(=O)O)c1)NCc1ccccc1Cl. The van der Waals surface area contributed by atoms with Gasteiger partial charge < -0.3 is 15.2 Å². The molecule has 0 bridgehead atoms. The summed E-state index contributed by atoms with van der Waals surface area (Å²) in [4.78, 5) is 22.5. The van der Waals surface area contributed by atoms with Gasteiger partial charge in [-0.25, -0.2) is 4.79 Å². The zero-order chi connectivity index (χ0) is 15.2. The summed E-state index contributed by atoms with van der Waals surface area (Å²) in [5.74, 6) is -0.957. The Morgan fingerprint density at radius 3 is 2.76 bits per heavy atom. The van der Waals surface area contributed by atoms with E-state index in [0.29, 0.717) is 17.3 Å². The Morgan fingerprint density at radius 2 is 2.10 bits per heavy atom. The molecule has 1 amide bonds. The van der Waals surface area contributed by atoms with Crippen molar-refractivity contribution < 1.29 is 19.4 Å². The molecular formula is C14H12ClNO4S. The van der Waals surface area contributed by atoms with E-state index >= 15 is 0 Å². The molecule has 7 heteroatoms. The first kappa shape index (κ1) is 15.3. The quantitative estimate of drug-likeness (QED) is 0.856. The molecule has 0 aliphatic heterocycles. The van der Waals surface area contributed by atoms with Crippen molar-refractivity contribution in [2.45, 2.75) is 6.54 Å². The average Bonchev–Trinajstić information content (AvgIpc) is 2.93. The summed E-state index contributed by atoms with van der Waals surface area (Å²) in [5.41, 5.74) is 0.816. The Kier molecular flexibility index (Phi) is 5.19. The summed E-state index contributed by atoms with van der Waals surface area (Å²) in [5, 5.41) is 13.6. The van der Waals surface area contributed by atoms with Crippen molar-refractivity contribution in [2.24, 2.45) is 0 Å². The van der Waals surface area contributed by atoms with Gasteiger partial charge in [-0.2, -0.15) is 0 Å². The van der Waals surface area contributed by atoms with Crippen LogP contribution in [0.3, 0.4) is 0 Å². The highest BCUT2D eigenvalue weighted by Gasteiger charge is 2.09. The predicted molar refractivity (Wildman–Crippen MR) is 80.1 cm³/mol. The van der Waals surface area contributed by atoms with E-state index in [1.807, 2.05) is 18.2 Å². The van der Waals surface area contributed by atoms with Gasteiger partial charge in [0.1, 0.15) is 10.6 Å². The van der Waals surface area contributed by atoms with E-state index < -0.39 is 5.97 Å². The van der Waals surface area contributed by atoms with Crippen molar-refractivity contribution in [1.29, 1.82) is 0 Å². The lowest BCUT2D eigenvalue weighted by molar-refractivity contribution is -0.123. The Balaban J connectivity index is 1.79. The van der Waals surface area contributed by atoms with Gasteiger partial charge in [0.05, 0.1) is 0 Å². The Labute approximate surface area is 130 Å². The first-order chi connectivity index (χ1) is 10.1. The van der Waals surface area contributed by atoms with E-state index in [9.17, 15) is 9.59 Å². The van der Waals surface area contributed by atoms with Gasteiger partial charge in [-0.15, -0.1) is 11.3 Å². The number of hydrogen-bond acceptors (Lipinski definition) is 4. The first-order valence-corrected chi connectivity index (χ1v) is 7.27. The molecule has 1 aromatic carbocycles. The summed E-state index contributed by atoms with van der Waals surface area (Å²) in [7, 11) is 0. The number of amides is 1. The second-order valence-electron chi connectivity index (χ2n) is 4.11.